The van der Waals surface area contributed by atoms with Crippen molar-refractivity contribution in [3.63, 3.8) is 0 Å². The molecular weight excluding hydrogens is 230 g/mol. The van der Waals surface area contributed by atoms with Gasteiger partial charge in [-0.1, -0.05) is 19.3 Å². The van der Waals surface area contributed by atoms with Gasteiger partial charge in [0.15, 0.2) is 0 Å². The molecule has 0 aromatic heterocycles. The minimum absolute atomic E-state index is 0.228. The number of ketones is 1. The maximum absolute atomic E-state index is 11.5. The van der Waals surface area contributed by atoms with E-state index in [1.54, 1.807) is 0 Å². The van der Waals surface area contributed by atoms with Gasteiger partial charge < -0.3 is 10.1 Å². The summed E-state index contributed by atoms with van der Waals surface area (Å²) in [7, 11) is 0. The van der Waals surface area contributed by atoms with Crippen LogP contribution in [-0.2, 0) is 9.53 Å². The molecule has 0 bridgehead atoms. The summed E-state index contributed by atoms with van der Waals surface area (Å²) < 4.78 is 5.08. The summed E-state index contributed by atoms with van der Waals surface area (Å²) in [6.07, 6.45) is 5.47. The van der Waals surface area contributed by atoms with Crippen LogP contribution < -0.4 is 5.32 Å². The second-order valence-corrected chi connectivity index (χ2v) is 6.05. The number of hydrogen-bond acceptors (Lipinski definition) is 3. The molecule has 18 heavy (non-hydrogen) atoms. The number of hydrogen-bond donors (Lipinski definition) is 1. The van der Waals surface area contributed by atoms with E-state index in [0.717, 1.165) is 12.3 Å². The molecule has 0 saturated heterocycles. The Hall–Kier alpha value is -1.06. The third-order valence-electron chi connectivity index (χ3n) is 2.84. The third-order valence-corrected chi connectivity index (χ3v) is 2.84. The van der Waals surface area contributed by atoms with E-state index in [-0.39, 0.29) is 5.78 Å². The lowest BCUT2D eigenvalue weighted by Gasteiger charge is -2.19. The fourth-order valence-corrected chi connectivity index (χ4v) is 1.74. The van der Waals surface area contributed by atoms with E-state index in [4.69, 9.17) is 4.74 Å². The van der Waals surface area contributed by atoms with E-state index >= 15 is 0 Å². The second-order valence-electron chi connectivity index (χ2n) is 6.05. The molecule has 1 aliphatic carbocycles. The molecule has 1 fully saturated rings. The summed E-state index contributed by atoms with van der Waals surface area (Å²) >= 11 is 0. The number of Topliss-reactive ketones (excluding diaryl/α,β-unsaturated/α-hetero) is 1. The van der Waals surface area contributed by atoms with Gasteiger partial charge in [-0.05, 0) is 33.1 Å². The minimum atomic E-state index is -0.488. The first-order chi connectivity index (χ1) is 8.37. The van der Waals surface area contributed by atoms with Crippen LogP contribution >= 0.6 is 0 Å². The average Bonchev–Trinajstić information content (AvgIpc) is 2.98. The molecule has 1 aliphatic rings. The third kappa shape index (κ3) is 8.09. The van der Waals surface area contributed by atoms with E-state index in [1.165, 1.54) is 19.3 Å². The molecule has 1 rings (SSSR count). The normalized spacial score (nSPS) is 15.3. The first-order valence-corrected chi connectivity index (χ1v) is 6.85. The highest BCUT2D eigenvalue weighted by atomic mass is 16.6. The molecule has 4 nitrogen and oxygen atoms in total. The molecule has 0 aliphatic heterocycles. The van der Waals surface area contributed by atoms with Crippen LogP contribution in [0.25, 0.3) is 0 Å². The zero-order valence-corrected chi connectivity index (χ0v) is 11.8. The molecule has 1 amide bonds. The van der Waals surface area contributed by atoms with Gasteiger partial charge in [0.05, 0.1) is 0 Å². The zero-order chi connectivity index (χ0) is 13.6. The number of alkyl carbamates (subject to hydrolysis) is 1. The standard InChI is InChI=1S/C14H25NO3/c1-14(2,3)18-13(17)15-10-9-12(16)6-4-5-11-7-8-11/h11H,4-10H2,1-3H3,(H,15,17). The Bertz CT molecular complexity index is 290. The summed E-state index contributed by atoms with van der Waals surface area (Å²) in [5, 5.41) is 2.60. The van der Waals surface area contributed by atoms with Crippen molar-refractivity contribution in [1.82, 2.24) is 5.32 Å². The van der Waals surface area contributed by atoms with Crippen LogP contribution in [-0.4, -0.2) is 24.0 Å². The first-order valence-electron chi connectivity index (χ1n) is 6.85. The smallest absolute Gasteiger partial charge is 0.407 e. The van der Waals surface area contributed by atoms with Crippen molar-refractivity contribution < 1.29 is 14.3 Å². The van der Waals surface area contributed by atoms with Gasteiger partial charge in [-0.15, -0.1) is 0 Å². The van der Waals surface area contributed by atoms with Crippen molar-refractivity contribution in [3.8, 4) is 0 Å². The Morgan fingerprint density at radius 1 is 1.22 bits per heavy atom. The highest BCUT2D eigenvalue weighted by molar-refractivity contribution is 5.79. The number of amides is 1. The van der Waals surface area contributed by atoms with Crippen LogP contribution in [0.5, 0.6) is 0 Å². The van der Waals surface area contributed by atoms with Gasteiger partial charge in [-0.3, -0.25) is 4.79 Å². The van der Waals surface area contributed by atoms with Gasteiger partial charge in [-0.25, -0.2) is 4.79 Å². The Morgan fingerprint density at radius 3 is 2.44 bits per heavy atom. The molecule has 0 atom stereocenters. The molecule has 0 radical (unpaired) electrons. The van der Waals surface area contributed by atoms with E-state index < -0.39 is 11.7 Å². The van der Waals surface area contributed by atoms with Crippen molar-refractivity contribution >= 4 is 11.9 Å². The van der Waals surface area contributed by atoms with Gasteiger partial charge in [0.25, 0.3) is 0 Å². The summed E-state index contributed by atoms with van der Waals surface area (Å²) in [5.74, 6) is 1.12. The SMILES string of the molecule is CC(C)(C)OC(=O)NCCC(=O)CCCC1CC1. The van der Waals surface area contributed by atoms with Crippen LogP contribution in [0.4, 0.5) is 4.79 Å². The second kappa shape index (κ2) is 6.76. The predicted molar refractivity (Wildman–Crippen MR) is 70.4 cm³/mol. The largest absolute Gasteiger partial charge is 0.444 e. The van der Waals surface area contributed by atoms with E-state index in [1.807, 2.05) is 20.8 Å². The van der Waals surface area contributed by atoms with Gasteiger partial charge in [0, 0.05) is 19.4 Å². The maximum Gasteiger partial charge on any atom is 0.407 e. The molecule has 0 aromatic rings. The van der Waals surface area contributed by atoms with Gasteiger partial charge in [-0.2, -0.15) is 0 Å². The topological polar surface area (TPSA) is 55.4 Å². The van der Waals surface area contributed by atoms with Crippen LogP contribution in [0.15, 0.2) is 0 Å². The van der Waals surface area contributed by atoms with Crippen LogP contribution in [0.2, 0.25) is 0 Å². The van der Waals surface area contributed by atoms with Crippen LogP contribution in [0.1, 0.15) is 59.3 Å². The van der Waals surface area contributed by atoms with Gasteiger partial charge >= 0.3 is 6.09 Å². The molecular formula is C14H25NO3. The Morgan fingerprint density at radius 2 is 1.89 bits per heavy atom. The van der Waals surface area contributed by atoms with Crippen molar-refractivity contribution in [1.29, 1.82) is 0 Å². The molecule has 0 aromatic carbocycles. The lowest BCUT2D eigenvalue weighted by Crippen LogP contribution is -2.33. The fraction of sp³-hybridized carbons (Fsp3) is 0.857. The number of carbonyl (C=O) groups is 2. The van der Waals surface area contributed by atoms with Crippen LogP contribution in [0, 0.1) is 5.92 Å². The van der Waals surface area contributed by atoms with Crippen molar-refractivity contribution in [2.45, 2.75) is 64.9 Å². The summed E-state index contributed by atoms with van der Waals surface area (Å²) in [5.41, 5.74) is -0.488. The van der Waals surface area contributed by atoms with Crippen LogP contribution in [0.3, 0.4) is 0 Å². The van der Waals surface area contributed by atoms with Gasteiger partial charge in [0.2, 0.25) is 0 Å². The van der Waals surface area contributed by atoms with E-state index in [2.05, 4.69) is 5.32 Å². The van der Waals surface area contributed by atoms with Crippen molar-refractivity contribution in [2.24, 2.45) is 5.92 Å². The molecule has 104 valence electrons. The van der Waals surface area contributed by atoms with E-state index in [9.17, 15) is 9.59 Å². The van der Waals surface area contributed by atoms with Crippen molar-refractivity contribution in [2.75, 3.05) is 6.54 Å². The fourth-order valence-electron chi connectivity index (χ4n) is 1.74. The van der Waals surface area contributed by atoms with Gasteiger partial charge in [0.1, 0.15) is 11.4 Å². The summed E-state index contributed by atoms with van der Waals surface area (Å²) in [4.78, 5) is 22.8. The average molecular weight is 255 g/mol. The molecule has 0 spiro atoms. The molecule has 4 heteroatoms. The number of nitrogens with one attached hydrogen (secondary N) is 1. The molecule has 0 heterocycles. The summed E-state index contributed by atoms with van der Waals surface area (Å²) in [6.45, 7) is 5.82. The Balaban J connectivity index is 1.98. The molecule has 0 unspecified atom stereocenters. The van der Waals surface area contributed by atoms with E-state index in [0.29, 0.717) is 19.4 Å². The predicted octanol–water partition coefficient (Wildman–Crippen LogP) is 3.05. The highest BCUT2D eigenvalue weighted by Gasteiger charge is 2.20. The first kappa shape index (κ1) is 15.0. The number of ether oxygens (including phenoxy) is 1. The Labute approximate surface area is 109 Å². The van der Waals surface area contributed by atoms with Crippen molar-refractivity contribution in [3.05, 3.63) is 0 Å². The highest BCUT2D eigenvalue weighted by Crippen LogP contribution is 2.33. The summed E-state index contributed by atoms with van der Waals surface area (Å²) in [6, 6.07) is 0. The quantitative estimate of drug-likeness (QED) is 0.760. The maximum atomic E-state index is 11.5. The number of carbonyl (C=O) groups excluding carboxylic acids is 2. The number of rotatable bonds is 7. The Kier molecular flexibility index (Phi) is 5.63. The lowest BCUT2D eigenvalue weighted by molar-refractivity contribution is -0.119. The minimum Gasteiger partial charge on any atom is -0.444 e. The lowest BCUT2D eigenvalue weighted by atomic mass is 10.1. The molecule has 1 N–H and O–H groups in total. The zero-order valence-electron chi connectivity index (χ0n) is 11.8. The molecule has 1 saturated carbocycles. The monoisotopic (exact) mass is 255 g/mol.